The average Bonchev–Trinajstić information content (AvgIpc) is 2.32. The van der Waals surface area contributed by atoms with Gasteiger partial charge in [0.2, 0.25) is 0 Å². The van der Waals surface area contributed by atoms with E-state index in [1.165, 1.54) is 5.12 Å². The van der Waals surface area contributed by atoms with Crippen LogP contribution in [0.3, 0.4) is 0 Å². The smallest absolute Gasteiger partial charge is 0.439 e. The Morgan fingerprint density at radius 3 is 2.38 bits per heavy atom. The second kappa shape index (κ2) is 6.94. The first-order valence-corrected chi connectivity index (χ1v) is 4.28. The number of hydrogen-bond donors (Lipinski definition) is 2. The molecule has 1 aliphatic rings. The summed E-state index contributed by atoms with van der Waals surface area (Å²) in [7, 11) is 0. The first-order valence-electron chi connectivity index (χ1n) is 4.28. The Morgan fingerprint density at radius 1 is 1.38 bits per heavy atom. The topological polar surface area (TPSA) is 53.6 Å². The van der Waals surface area contributed by atoms with Gasteiger partial charge >= 0.3 is 6.09 Å². The number of nitrogens with zero attached hydrogens (tertiary/aromatic N) is 1. The molecule has 5 nitrogen and oxygen atoms in total. The molecular weight excluding hydrogens is 194 g/mol. The molecule has 0 aromatic carbocycles. The molecule has 1 amide bonds. The number of carbonyl (C=O) groups excluding carboxylic acids is 1. The summed E-state index contributed by atoms with van der Waals surface area (Å²) in [6.07, 6.45) is 1.78. The van der Waals surface area contributed by atoms with Crippen molar-refractivity contribution >= 4 is 18.5 Å². The monoisotopic (exact) mass is 209 g/mol. The third kappa shape index (κ3) is 4.31. The van der Waals surface area contributed by atoms with Crippen molar-refractivity contribution in [3.63, 3.8) is 0 Å². The molecule has 0 atom stereocenters. The second-order valence-electron chi connectivity index (χ2n) is 2.56. The molecule has 0 aromatic heterocycles. The Labute approximate surface area is 84.2 Å². The number of amides is 1. The van der Waals surface area contributed by atoms with Gasteiger partial charge in [-0.05, 0) is 19.8 Å². The summed E-state index contributed by atoms with van der Waals surface area (Å²) >= 11 is 0. The molecule has 0 unspecified atom stereocenters. The normalized spacial score (nSPS) is 17.2. The Bertz CT molecular complexity index is 149. The SMILES string of the molecule is CCOC(=O)N1NCCCCN1.Cl. The number of halogens is 1. The van der Waals surface area contributed by atoms with E-state index in [1.807, 2.05) is 0 Å². The lowest BCUT2D eigenvalue weighted by molar-refractivity contribution is 0.0651. The predicted molar refractivity (Wildman–Crippen MR) is 51.3 cm³/mol. The van der Waals surface area contributed by atoms with Crippen LogP contribution >= 0.6 is 12.4 Å². The van der Waals surface area contributed by atoms with Gasteiger partial charge in [0.15, 0.2) is 0 Å². The first kappa shape index (κ1) is 12.5. The van der Waals surface area contributed by atoms with Crippen LogP contribution in [0.4, 0.5) is 4.79 Å². The number of nitrogens with one attached hydrogen (secondary N) is 2. The van der Waals surface area contributed by atoms with Gasteiger partial charge in [0.25, 0.3) is 0 Å². The minimum atomic E-state index is -0.362. The zero-order chi connectivity index (χ0) is 8.81. The second-order valence-corrected chi connectivity index (χ2v) is 2.56. The maximum absolute atomic E-state index is 11.1. The summed E-state index contributed by atoms with van der Waals surface area (Å²) < 4.78 is 4.80. The Kier molecular flexibility index (Phi) is 6.66. The molecule has 0 aliphatic carbocycles. The van der Waals surface area contributed by atoms with E-state index in [9.17, 15) is 4.79 Å². The van der Waals surface area contributed by atoms with Crippen molar-refractivity contribution in [3.8, 4) is 0 Å². The fourth-order valence-corrected chi connectivity index (χ4v) is 1.00. The van der Waals surface area contributed by atoms with E-state index in [0.717, 1.165) is 25.9 Å². The van der Waals surface area contributed by atoms with E-state index in [4.69, 9.17) is 4.74 Å². The number of hydrazine groups is 2. The van der Waals surface area contributed by atoms with E-state index in [-0.39, 0.29) is 18.5 Å². The van der Waals surface area contributed by atoms with Gasteiger partial charge in [0.1, 0.15) is 0 Å². The molecule has 1 heterocycles. The quantitative estimate of drug-likeness (QED) is 0.667. The lowest BCUT2D eigenvalue weighted by atomic mass is 10.3. The highest BCUT2D eigenvalue weighted by Gasteiger charge is 2.14. The van der Waals surface area contributed by atoms with Crippen LogP contribution in [0.1, 0.15) is 19.8 Å². The van der Waals surface area contributed by atoms with Crippen LogP contribution in [0, 0.1) is 0 Å². The Hall–Kier alpha value is -0.520. The third-order valence-corrected chi connectivity index (χ3v) is 1.59. The average molecular weight is 210 g/mol. The highest BCUT2D eigenvalue weighted by atomic mass is 35.5. The largest absolute Gasteiger partial charge is 0.448 e. The number of ether oxygens (including phenoxy) is 1. The summed E-state index contributed by atoms with van der Waals surface area (Å²) in [5, 5.41) is 1.32. The lowest BCUT2D eigenvalue weighted by Gasteiger charge is -2.19. The first-order chi connectivity index (χ1) is 5.84. The molecule has 13 heavy (non-hydrogen) atoms. The molecule has 6 heteroatoms. The highest BCUT2D eigenvalue weighted by molar-refractivity contribution is 5.85. The van der Waals surface area contributed by atoms with Crippen molar-refractivity contribution in [2.45, 2.75) is 19.8 Å². The maximum atomic E-state index is 11.1. The molecule has 0 spiro atoms. The molecule has 1 aliphatic heterocycles. The predicted octanol–water partition coefficient (Wildman–Crippen LogP) is 0.670. The molecule has 0 bridgehead atoms. The van der Waals surface area contributed by atoms with Crippen LogP contribution in [0.2, 0.25) is 0 Å². The summed E-state index contributed by atoms with van der Waals surface area (Å²) in [5.74, 6) is 0. The van der Waals surface area contributed by atoms with Crippen molar-refractivity contribution in [2.75, 3.05) is 19.7 Å². The van der Waals surface area contributed by atoms with E-state index < -0.39 is 0 Å². The van der Waals surface area contributed by atoms with E-state index >= 15 is 0 Å². The number of rotatable bonds is 1. The molecule has 1 fully saturated rings. The fraction of sp³-hybridized carbons (Fsp3) is 0.857. The maximum Gasteiger partial charge on any atom is 0.439 e. The fourth-order valence-electron chi connectivity index (χ4n) is 1.00. The van der Waals surface area contributed by atoms with E-state index in [2.05, 4.69) is 10.9 Å². The molecular formula is C7H16ClN3O2. The van der Waals surface area contributed by atoms with Gasteiger partial charge in [0, 0.05) is 13.1 Å². The van der Waals surface area contributed by atoms with Crippen LogP contribution in [0.25, 0.3) is 0 Å². The van der Waals surface area contributed by atoms with Gasteiger partial charge in [-0.3, -0.25) is 0 Å². The zero-order valence-corrected chi connectivity index (χ0v) is 8.52. The van der Waals surface area contributed by atoms with Crippen LogP contribution in [-0.4, -0.2) is 30.9 Å². The van der Waals surface area contributed by atoms with Gasteiger partial charge in [0.05, 0.1) is 6.61 Å². The van der Waals surface area contributed by atoms with Crippen molar-refractivity contribution < 1.29 is 9.53 Å². The van der Waals surface area contributed by atoms with E-state index in [1.54, 1.807) is 6.92 Å². The summed E-state index contributed by atoms with van der Waals surface area (Å²) in [4.78, 5) is 11.1. The summed E-state index contributed by atoms with van der Waals surface area (Å²) in [6, 6.07) is 0. The standard InChI is InChI=1S/C7H15N3O2.ClH/c1-2-12-7(11)10-8-5-3-4-6-9-10;/h8-9H,2-6H2,1H3;1H. The van der Waals surface area contributed by atoms with Gasteiger partial charge in [-0.25, -0.2) is 15.6 Å². The van der Waals surface area contributed by atoms with Crippen LogP contribution in [0.15, 0.2) is 0 Å². The number of hydrogen-bond acceptors (Lipinski definition) is 4. The Morgan fingerprint density at radius 2 is 1.92 bits per heavy atom. The van der Waals surface area contributed by atoms with Crippen molar-refractivity contribution in [3.05, 3.63) is 0 Å². The molecule has 1 rings (SSSR count). The minimum Gasteiger partial charge on any atom is -0.448 e. The minimum absolute atomic E-state index is 0. The summed E-state index contributed by atoms with van der Waals surface area (Å²) in [6.45, 7) is 3.81. The zero-order valence-electron chi connectivity index (χ0n) is 7.71. The van der Waals surface area contributed by atoms with Gasteiger partial charge in [-0.2, -0.15) is 5.12 Å². The molecule has 78 valence electrons. The van der Waals surface area contributed by atoms with E-state index in [0.29, 0.717) is 6.61 Å². The van der Waals surface area contributed by atoms with Crippen LogP contribution < -0.4 is 10.9 Å². The van der Waals surface area contributed by atoms with Crippen LogP contribution in [-0.2, 0) is 4.74 Å². The van der Waals surface area contributed by atoms with Crippen molar-refractivity contribution in [1.29, 1.82) is 0 Å². The van der Waals surface area contributed by atoms with Gasteiger partial charge < -0.3 is 4.74 Å². The van der Waals surface area contributed by atoms with Crippen molar-refractivity contribution in [2.24, 2.45) is 0 Å². The molecule has 1 saturated heterocycles. The highest BCUT2D eigenvalue weighted by Crippen LogP contribution is 1.94. The number of carbonyl (C=O) groups is 1. The molecule has 2 N–H and O–H groups in total. The van der Waals surface area contributed by atoms with Crippen molar-refractivity contribution in [1.82, 2.24) is 16.0 Å². The Balaban J connectivity index is 0.00000144. The third-order valence-electron chi connectivity index (χ3n) is 1.59. The van der Waals surface area contributed by atoms with Gasteiger partial charge in [-0.15, -0.1) is 12.4 Å². The van der Waals surface area contributed by atoms with Crippen LogP contribution in [0.5, 0.6) is 0 Å². The summed E-state index contributed by atoms with van der Waals surface area (Å²) in [5.41, 5.74) is 5.83. The molecule has 0 saturated carbocycles. The molecule has 0 radical (unpaired) electrons. The lowest BCUT2D eigenvalue weighted by Crippen LogP contribution is -2.50. The van der Waals surface area contributed by atoms with Gasteiger partial charge in [-0.1, -0.05) is 0 Å². The molecule has 0 aromatic rings.